The second-order valence-corrected chi connectivity index (χ2v) is 6.19. The van der Waals surface area contributed by atoms with Crippen LogP contribution >= 0.6 is 0 Å². The van der Waals surface area contributed by atoms with E-state index in [4.69, 9.17) is 9.47 Å². The van der Waals surface area contributed by atoms with Gasteiger partial charge in [-0.3, -0.25) is 4.79 Å². The molecule has 0 bridgehead atoms. The van der Waals surface area contributed by atoms with E-state index in [1.165, 1.54) is 24.3 Å². The van der Waals surface area contributed by atoms with Crippen LogP contribution < -0.4 is 0 Å². The maximum absolute atomic E-state index is 12.1. The molecule has 0 aliphatic carbocycles. The van der Waals surface area contributed by atoms with Crippen molar-refractivity contribution in [2.45, 2.75) is 24.5 Å². The van der Waals surface area contributed by atoms with Gasteiger partial charge in [-0.15, -0.1) is 0 Å². The maximum Gasteiger partial charge on any atom is 0.338 e. The Balaban J connectivity index is 2.01. The zero-order valence-corrected chi connectivity index (χ0v) is 15.0. The quantitative estimate of drug-likeness (QED) is 0.493. The van der Waals surface area contributed by atoms with Crippen molar-refractivity contribution in [2.24, 2.45) is 0 Å². The third kappa shape index (κ3) is 6.14. The van der Waals surface area contributed by atoms with E-state index in [-0.39, 0.29) is 11.1 Å². The van der Waals surface area contributed by atoms with Crippen LogP contribution in [-0.4, -0.2) is 47.9 Å². The van der Waals surface area contributed by atoms with Crippen LogP contribution in [-0.2, 0) is 19.1 Å². The van der Waals surface area contributed by atoms with Gasteiger partial charge >= 0.3 is 11.9 Å². The van der Waals surface area contributed by atoms with Crippen molar-refractivity contribution in [1.82, 2.24) is 0 Å². The van der Waals surface area contributed by atoms with E-state index < -0.39 is 43.1 Å². The van der Waals surface area contributed by atoms with Crippen LogP contribution in [0.4, 0.5) is 0 Å². The average Bonchev–Trinajstić information content (AvgIpc) is 2.73. The summed E-state index contributed by atoms with van der Waals surface area (Å²) in [5.74, 6) is -1.43. The second kappa shape index (κ2) is 10.1. The Kier molecular flexibility index (Phi) is 7.59. The lowest BCUT2D eigenvalue weighted by Gasteiger charge is -2.28. The summed E-state index contributed by atoms with van der Waals surface area (Å²) in [6.07, 6.45) is -1.31. The number of aldehydes is 2. The first-order valence-corrected chi connectivity index (χ1v) is 8.57. The summed E-state index contributed by atoms with van der Waals surface area (Å²) in [6.45, 7) is -0.535. The lowest BCUT2D eigenvalue weighted by Crippen LogP contribution is -2.41. The summed E-state index contributed by atoms with van der Waals surface area (Å²) in [5.41, 5.74) is -1.34. The van der Waals surface area contributed by atoms with Crippen molar-refractivity contribution < 1.29 is 33.8 Å². The zero-order valence-electron chi connectivity index (χ0n) is 15.0. The first-order chi connectivity index (χ1) is 13.5. The first-order valence-electron chi connectivity index (χ1n) is 8.57. The molecular weight excluding hydrogens is 364 g/mol. The minimum absolute atomic E-state index is 0.240. The molecule has 7 heteroatoms. The minimum Gasteiger partial charge on any atom is -0.459 e. The van der Waals surface area contributed by atoms with Gasteiger partial charge in [0.1, 0.15) is 18.5 Å². The lowest BCUT2D eigenvalue weighted by molar-refractivity contribution is -0.125. The van der Waals surface area contributed by atoms with E-state index in [0.717, 1.165) is 0 Å². The van der Waals surface area contributed by atoms with Gasteiger partial charge in [-0.25, -0.2) is 9.59 Å². The van der Waals surface area contributed by atoms with Crippen molar-refractivity contribution >= 4 is 24.5 Å². The molecule has 0 heterocycles. The second-order valence-electron chi connectivity index (χ2n) is 6.19. The van der Waals surface area contributed by atoms with Gasteiger partial charge < -0.3 is 19.4 Å². The molecule has 28 heavy (non-hydrogen) atoms. The number of hydrogen-bond acceptors (Lipinski definition) is 7. The van der Waals surface area contributed by atoms with Gasteiger partial charge in [0.05, 0.1) is 11.1 Å². The molecule has 0 fully saturated rings. The van der Waals surface area contributed by atoms with Crippen LogP contribution in [0.5, 0.6) is 0 Å². The smallest absolute Gasteiger partial charge is 0.338 e. The van der Waals surface area contributed by atoms with Crippen LogP contribution in [0, 0.1) is 0 Å². The summed E-state index contributed by atoms with van der Waals surface area (Å²) in [5, 5.41) is 10.6. The normalized spacial score (nSPS) is 13.6. The molecule has 146 valence electrons. The van der Waals surface area contributed by atoms with Crippen LogP contribution in [0.25, 0.3) is 0 Å². The van der Waals surface area contributed by atoms with Gasteiger partial charge in [0.25, 0.3) is 0 Å². The van der Waals surface area contributed by atoms with Gasteiger partial charge in [-0.05, 0) is 24.3 Å². The van der Waals surface area contributed by atoms with Crippen molar-refractivity contribution in [2.75, 3.05) is 6.61 Å². The summed E-state index contributed by atoms with van der Waals surface area (Å²) < 4.78 is 10.2. The average molecular weight is 384 g/mol. The van der Waals surface area contributed by atoms with Gasteiger partial charge in [0, 0.05) is 12.8 Å². The Morgan fingerprint density at radius 3 is 1.96 bits per heavy atom. The largest absolute Gasteiger partial charge is 0.459 e. The molecule has 0 saturated heterocycles. The molecule has 2 rings (SSSR count). The van der Waals surface area contributed by atoms with Gasteiger partial charge in [-0.1, -0.05) is 36.4 Å². The van der Waals surface area contributed by atoms with E-state index >= 15 is 0 Å². The van der Waals surface area contributed by atoms with E-state index in [1.54, 1.807) is 36.4 Å². The summed E-state index contributed by atoms with van der Waals surface area (Å²) in [6, 6.07) is 16.1. The number of carbonyl (C=O) groups excluding carboxylic acids is 4. The van der Waals surface area contributed by atoms with Crippen molar-refractivity contribution in [3.8, 4) is 0 Å². The molecule has 0 amide bonds. The molecule has 0 aliphatic rings. The van der Waals surface area contributed by atoms with Crippen molar-refractivity contribution in [1.29, 1.82) is 0 Å². The SMILES string of the molecule is O=CC[C@@](O)(COC(=O)c1ccccc1)C[C@H](C=O)OC(=O)c1ccccc1. The molecule has 0 saturated carbocycles. The molecule has 2 aromatic rings. The zero-order chi connectivity index (χ0) is 20.4. The third-order valence-electron chi connectivity index (χ3n) is 3.95. The Hall–Kier alpha value is -3.32. The van der Waals surface area contributed by atoms with E-state index in [9.17, 15) is 24.3 Å². The van der Waals surface area contributed by atoms with Gasteiger partial charge in [0.2, 0.25) is 0 Å². The highest BCUT2D eigenvalue weighted by molar-refractivity contribution is 5.90. The molecule has 0 aliphatic heterocycles. The molecule has 2 atom stereocenters. The Morgan fingerprint density at radius 1 is 0.929 bits per heavy atom. The number of rotatable bonds is 10. The number of benzene rings is 2. The summed E-state index contributed by atoms with van der Waals surface area (Å²) in [7, 11) is 0. The number of esters is 2. The molecule has 0 aromatic heterocycles. The highest BCUT2D eigenvalue weighted by atomic mass is 16.6. The highest BCUT2D eigenvalue weighted by Gasteiger charge is 2.34. The van der Waals surface area contributed by atoms with Crippen molar-refractivity contribution in [3.63, 3.8) is 0 Å². The summed E-state index contributed by atoms with van der Waals surface area (Å²) in [4.78, 5) is 46.4. The van der Waals surface area contributed by atoms with Crippen LogP contribution in [0.2, 0.25) is 0 Å². The molecule has 7 nitrogen and oxygen atoms in total. The van der Waals surface area contributed by atoms with E-state index in [0.29, 0.717) is 12.6 Å². The molecule has 2 aromatic carbocycles. The molecule has 0 radical (unpaired) electrons. The standard InChI is InChI=1S/C21H20O7/c22-12-11-21(26,15-27-19(24)16-7-3-1-4-8-16)13-18(14-23)28-20(25)17-9-5-2-6-10-17/h1-10,12,14,18,26H,11,13,15H2/t18-,21+/m1/s1. The highest BCUT2D eigenvalue weighted by Crippen LogP contribution is 2.20. The van der Waals surface area contributed by atoms with Crippen LogP contribution in [0.15, 0.2) is 60.7 Å². The Morgan fingerprint density at radius 2 is 1.46 bits per heavy atom. The topological polar surface area (TPSA) is 107 Å². The molecule has 0 spiro atoms. The minimum atomic E-state index is -1.85. The number of hydrogen-bond donors (Lipinski definition) is 1. The maximum atomic E-state index is 12.1. The molecule has 1 N–H and O–H groups in total. The van der Waals surface area contributed by atoms with E-state index in [1.807, 2.05) is 0 Å². The number of ether oxygens (including phenoxy) is 2. The lowest BCUT2D eigenvalue weighted by atomic mass is 9.94. The molecule has 0 unspecified atom stereocenters. The van der Waals surface area contributed by atoms with E-state index in [2.05, 4.69) is 0 Å². The first kappa shape index (κ1) is 21.0. The van der Waals surface area contributed by atoms with Crippen LogP contribution in [0.3, 0.4) is 0 Å². The van der Waals surface area contributed by atoms with Gasteiger partial charge in [0.15, 0.2) is 12.4 Å². The Labute approximate surface area is 161 Å². The Bertz CT molecular complexity index is 804. The fourth-order valence-electron chi connectivity index (χ4n) is 2.49. The third-order valence-corrected chi connectivity index (χ3v) is 3.95. The fourth-order valence-corrected chi connectivity index (χ4v) is 2.49. The monoisotopic (exact) mass is 384 g/mol. The molecular formula is C21H20O7. The number of carbonyl (C=O) groups is 4. The van der Waals surface area contributed by atoms with Gasteiger partial charge in [-0.2, -0.15) is 0 Å². The van der Waals surface area contributed by atoms with Crippen LogP contribution in [0.1, 0.15) is 33.6 Å². The fraction of sp³-hybridized carbons (Fsp3) is 0.238. The predicted octanol–water partition coefficient (Wildman–Crippen LogP) is 1.98. The number of aliphatic hydroxyl groups is 1. The predicted molar refractivity (Wildman–Crippen MR) is 98.7 cm³/mol. The summed E-state index contributed by atoms with van der Waals surface area (Å²) >= 11 is 0. The van der Waals surface area contributed by atoms with Crippen molar-refractivity contribution in [3.05, 3.63) is 71.8 Å².